The van der Waals surface area contributed by atoms with Crippen LogP contribution in [0.4, 0.5) is 16.2 Å². The number of anilines is 2. The van der Waals surface area contributed by atoms with Crippen molar-refractivity contribution in [3.8, 4) is 6.07 Å². The van der Waals surface area contributed by atoms with Crippen molar-refractivity contribution in [3.05, 3.63) is 23.3 Å². The Bertz CT molecular complexity index is 693. The molecule has 6 heteroatoms. The molecule has 134 valence electrons. The average Bonchev–Trinajstić information content (AvgIpc) is 3.38. The van der Waals surface area contributed by atoms with Crippen LogP contribution in [-0.2, 0) is 4.74 Å². The standard InChI is InChI=1S/C19H26N4O2/c1-19(2,3)25-18(24)22-16-10-14(12-20)17(11-15(16)13-4-5-13)23-8-6-21-7-9-23/h10-11,13,21H,4-9H2,1-3H3,(H,22,24). The minimum Gasteiger partial charge on any atom is -0.444 e. The highest BCUT2D eigenvalue weighted by atomic mass is 16.6. The molecule has 2 fully saturated rings. The molecule has 1 heterocycles. The third-order valence-corrected chi connectivity index (χ3v) is 4.40. The maximum absolute atomic E-state index is 12.2. The van der Waals surface area contributed by atoms with Gasteiger partial charge in [0, 0.05) is 31.9 Å². The molecular weight excluding hydrogens is 316 g/mol. The molecule has 0 bridgehead atoms. The summed E-state index contributed by atoms with van der Waals surface area (Å²) >= 11 is 0. The van der Waals surface area contributed by atoms with E-state index in [2.05, 4.69) is 27.7 Å². The van der Waals surface area contributed by atoms with Crippen LogP contribution in [0, 0.1) is 11.3 Å². The third-order valence-electron chi connectivity index (χ3n) is 4.40. The van der Waals surface area contributed by atoms with E-state index in [0.717, 1.165) is 50.3 Å². The van der Waals surface area contributed by atoms with Crippen LogP contribution in [-0.4, -0.2) is 37.9 Å². The molecule has 25 heavy (non-hydrogen) atoms. The fourth-order valence-corrected chi connectivity index (χ4v) is 3.12. The van der Waals surface area contributed by atoms with E-state index in [1.807, 2.05) is 20.8 Å². The normalized spacial score (nSPS) is 17.8. The number of nitrogens with zero attached hydrogens (tertiary/aromatic N) is 2. The summed E-state index contributed by atoms with van der Waals surface area (Å²) in [7, 11) is 0. The number of hydrogen-bond acceptors (Lipinski definition) is 5. The van der Waals surface area contributed by atoms with Gasteiger partial charge in [-0.3, -0.25) is 5.32 Å². The van der Waals surface area contributed by atoms with Crippen LogP contribution in [0.3, 0.4) is 0 Å². The van der Waals surface area contributed by atoms with Crippen LogP contribution in [0.25, 0.3) is 0 Å². The number of carbonyl (C=O) groups excluding carboxylic acids is 1. The largest absolute Gasteiger partial charge is 0.444 e. The molecule has 1 aliphatic heterocycles. The molecule has 0 spiro atoms. The molecule has 3 rings (SSSR count). The first-order chi connectivity index (χ1) is 11.9. The Morgan fingerprint density at radius 1 is 1.32 bits per heavy atom. The Kier molecular flexibility index (Phi) is 4.87. The van der Waals surface area contributed by atoms with Crippen molar-refractivity contribution in [2.75, 3.05) is 36.4 Å². The van der Waals surface area contributed by atoms with Crippen molar-refractivity contribution in [2.24, 2.45) is 0 Å². The molecule has 1 aromatic rings. The monoisotopic (exact) mass is 342 g/mol. The maximum atomic E-state index is 12.2. The zero-order valence-electron chi connectivity index (χ0n) is 15.2. The molecule has 1 saturated heterocycles. The number of rotatable bonds is 3. The van der Waals surface area contributed by atoms with E-state index in [1.165, 1.54) is 0 Å². The van der Waals surface area contributed by atoms with E-state index in [4.69, 9.17) is 4.74 Å². The molecule has 1 aromatic carbocycles. The van der Waals surface area contributed by atoms with Gasteiger partial charge in [0.25, 0.3) is 0 Å². The van der Waals surface area contributed by atoms with Crippen LogP contribution >= 0.6 is 0 Å². The smallest absolute Gasteiger partial charge is 0.412 e. The number of amides is 1. The van der Waals surface area contributed by atoms with Gasteiger partial charge in [0.05, 0.1) is 11.3 Å². The highest BCUT2D eigenvalue weighted by Crippen LogP contribution is 2.45. The van der Waals surface area contributed by atoms with Gasteiger partial charge < -0.3 is 15.0 Å². The van der Waals surface area contributed by atoms with Gasteiger partial charge in [0.1, 0.15) is 11.7 Å². The Labute approximate surface area is 149 Å². The first-order valence-corrected chi connectivity index (χ1v) is 8.91. The Morgan fingerprint density at radius 2 is 2.00 bits per heavy atom. The number of nitriles is 1. The lowest BCUT2D eigenvalue weighted by atomic mass is 10.0. The molecule has 2 N–H and O–H groups in total. The van der Waals surface area contributed by atoms with Crippen molar-refractivity contribution < 1.29 is 9.53 Å². The SMILES string of the molecule is CC(C)(C)OC(=O)Nc1cc(C#N)c(N2CCNCC2)cc1C1CC1. The van der Waals surface area contributed by atoms with Crippen molar-refractivity contribution in [1.82, 2.24) is 5.32 Å². The second-order valence-electron chi connectivity index (χ2n) is 7.71. The lowest BCUT2D eigenvalue weighted by Crippen LogP contribution is -2.43. The highest BCUT2D eigenvalue weighted by molar-refractivity contribution is 5.88. The fourth-order valence-electron chi connectivity index (χ4n) is 3.12. The van der Waals surface area contributed by atoms with Crippen molar-refractivity contribution >= 4 is 17.5 Å². The Morgan fingerprint density at radius 3 is 2.56 bits per heavy atom. The summed E-state index contributed by atoms with van der Waals surface area (Å²) in [6.45, 7) is 9.12. The molecule has 0 atom stereocenters. The van der Waals surface area contributed by atoms with E-state index in [9.17, 15) is 10.1 Å². The van der Waals surface area contributed by atoms with Crippen LogP contribution < -0.4 is 15.5 Å². The van der Waals surface area contributed by atoms with E-state index in [1.54, 1.807) is 6.07 Å². The maximum Gasteiger partial charge on any atom is 0.412 e. The van der Waals surface area contributed by atoms with Gasteiger partial charge in [-0.25, -0.2) is 4.79 Å². The second kappa shape index (κ2) is 6.93. The lowest BCUT2D eigenvalue weighted by molar-refractivity contribution is 0.0636. The lowest BCUT2D eigenvalue weighted by Gasteiger charge is -2.31. The van der Waals surface area contributed by atoms with Gasteiger partial charge >= 0.3 is 6.09 Å². The molecule has 0 radical (unpaired) electrons. The van der Waals surface area contributed by atoms with Crippen LogP contribution in [0.1, 0.15) is 50.7 Å². The van der Waals surface area contributed by atoms with Gasteiger partial charge in [-0.15, -0.1) is 0 Å². The summed E-state index contributed by atoms with van der Waals surface area (Å²) < 4.78 is 5.37. The van der Waals surface area contributed by atoms with Gasteiger partial charge in [-0.1, -0.05) is 0 Å². The van der Waals surface area contributed by atoms with E-state index < -0.39 is 11.7 Å². The number of hydrogen-bond donors (Lipinski definition) is 2. The third kappa shape index (κ3) is 4.43. The number of ether oxygens (including phenoxy) is 1. The minimum absolute atomic E-state index is 0.458. The van der Waals surface area contributed by atoms with E-state index in [-0.39, 0.29) is 0 Å². The summed E-state index contributed by atoms with van der Waals surface area (Å²) in [5, 5.41) is 15.8. The van der Waals surface area contributed by atoms with Crippen LogP contribution in [0.2, 0.25) is 0 Å². The average molecular weight is 342 g/mol. The van der Waals surface area contributed by atoms with Crippen LogP contribution in [0.5, 0.6) is 0 Å². The molecule has 6 nitrogen and oxygen atoms in total. The van der Waals surface area contributed by atoms with Crippen LogP contribution in [0.15, 0.2) is 12.1 Å². The molecule has 0 unspecified atom stereocenters. The first kappa shape index (κ1) is 17.6. The number of carbonyl (C=O) groups is 1. The Balaban J connectivity index is 1.90. The number of piperazine rings is 1. The minimum atomic E-state index is -0.553. The van der Waals surface area contributed by atoms with Gasteiger partial charge in [-0.05, 0) is 57.2 Å². The highest BCUT2D eigenvalue weighted by Gasteiger charge is 2.29. The Hall–Kier alpha value is -2.26. The number of benzene rings is 1. The molecule has 2 aliphatic rings. The predicted molar refractivity (Wildman–Crippen MR) is 98.1 cm³/mol. The number of nitrogens with one attached hydrogen (secondary N) is 2. The molecular formula is C19H26N4O2. The topological polar surface area (TPSA) is 77.4 Å². The summed E-state index contributed by atoms with van der Waals surface area (Å²) in [6, 6.07) is 6.18. The van der Waals surface area contributed by atoms with Gasteiger partial charge in [0.2, 0.25) is 0 Å². The quantitative estimate of drug-likeness (QED) is 0.882. The summed E-state index contributed by atoms with van der Waals surface area (Å²) in [6.07, 6.45) is 1.76. The second-order valence-corrected chi connectivity index (χ2v) is 7.71. The van der Waals surface area contributed by atoms with Crippen molar-refractivity contribution in [3.63, 3.8) is 0 Å². The fraction of sp³-hybridized carbons (Fsp3) is 0.579. The van der Waals surface area contributed by atoms with Crippen molar-refractivity contribution in [1.29, 1.82) is 5.26 Å². The summed E-state index contributed by atoms with van der Waals surface area (Å²) in [5.74, 6) is 0.458. The zero-order chi connectivity index (χ0) is 18.0. The molecule has 1 amide bonds. The molecule has 1 aliphatic carbocycles. The first-order valence-electron chi connectivity index (χ1n) is 8.91. The summed E-state index contributed by atoms with van der Waals surface area (Å²) in [5.41, 5.74) is 2.83. The molecule has 0 aromatic heterocycles. The van der Waals surface area contributed by atoms with Crippen molar-refractivity contribution in [2.45, 2.75) is 45.1 Å². The predicted octanol–water partition coefficient (Wildman–Crippen LogP) is 3.19. The van der Waals surface area contributed by atoms with E-state index in [0.29, 0.717) is 17.2 Å². The zero-order valence-corrected chi connectivity index (χ0v) is 15.2. The van der Waals surface area contributed by atoms with E-state index >= 15 is 0 Å². The molecule has 1 saturated carbocycles. The van der Waals surface area contributed by atoms with Gasteiger partial charge in [0.15, 0.2) is 0 Å². The van der Waals surface area contributed by atoms with Gasteiger partial charge in [-0.2, -0.15) is 5.26 Å². The summed E-state index contributed by atoms with van der Waals surface area (Å²) in [4.78, 5) is 14.4.